The van der Waals surface area contributed by atoms with E-state index in [2.05, 4.69) is 5.32 Å². The number of halogens is 1. The topological polar surface area (TPSA) is 71.3 Å². The van der Waals surface area contributed by atoms with Gasteiger partial charge in [0.1, 0.15) is 5.69 Å². The van der Waals surface area contributed by atoms with Crippen LogP contribution in [-0.4, -0.2) is 21.6 Å². The molecule has 6 heteroatoms. The number of benzene rings is 2. The number of hydrogen-bond acceptors (Lipinski definition) is 2. The van der Waals surface area contributed by atoms with Crippen molar-refractivity contribution in [2.45, 2.75) is 32.7 Å². The Morgan fingerprint density at radius 2 is 1.68 bits per heavy atom. The average molecular weight is 399 g/mol. The average Bonchev–Trinajstić information content (AvgIpc) is 2.98. The van der Waals surface area contributed by atoms with Gasteiger partial charge in [0.25, 0.3) is 5.91 Å². The monoisotopic (exact) mass is 398 g/mol. The zero-order valence-corrected chi connectivity index (χ0v) is 17.0. The third kappa shape index (κ3) is 3.76. The number of carboxylic acid groups (broad SMARTS) is 1. The van der Waals surface area contributed by atoms with Crippen molar-refractivity contribution in [3.63, 3.8) is 0 Å². The normalized spacial score (nSPS) is 13.3. The third-order valence-corrected chi connectivity index (χ3v) is 5.46. The molecule has 1 heterocycles. The molecule has 0 bridgehead atoms. The molecule has 3 rings (SSSR count). The zero-order valence-electron chi connectivity index (χ0n) is 16.3. The van der Waals surface area contributed by atoms with E-state index in [4.69, 9.17) is 16.7 Å². The largest absolute Gasteiger partial charge is 0.481 e. The number of hydrogen-bond donors (Lipinski definition) is 2. The first-order chi connectivity index (χ1) is 13.2. The number of rotatable bonds is 5. The fourth-order valence-electron chi connectivity index (χ4n) is 3.31. The molecule has 3 aromatic rings. The van der Waals surface area contributed by atoms with Crippen LogP contribution in [0.15, 0.2) is 42.5 Å². The van der Waals surface area contributed by atoms with Crippen LogP contribution in [0.2, 0.25) is 5.02 Å². The van der Waals surface area contributed by atoms with Crippen LogP contribution in [0.3, 0.4) is 0 Å². The molecule has 5 nitrogen and oxygen atoms in total. The maximum Gasteiger partial charge on any atom is 0.310 e. The number of aromatic nitrogens is 1. The zero-order chi connectivity index (χ0) is 20.6. The molecular formula is C22H23ClN2O3. The van der Waals surface area contributed by atoms with E-state index in [0.29, 0.717) is 10.7 Å². The van der Waals surface area contributed by atoms with Crippen LogP contribution in [0.5, 0.6) is 0 Å². The summed E-state index contributed by atoms with van der Waals surface area (Å²) < 4.78 is 1.84. The molecule has 146 valence electrons. The van der Waals surface area contributed by atoms with E-state index in [1.54, 1.807) is 25.1 Å². The summed E-state index contributed by atoms with van der Waals surface area (Å²) in [6.07, 6.45) is 0. The highest BCUT2D eigenvalue weighted by atomic mass is 35.5. The summed E-state index contributed by atoms with van der Waals surface area (Å²) in [5.74, 6) is -1.62. The summed E-state index contributed by atoms with van der Waals surface area (Å²) in [4.78, 5) is 23.9. The second-order valence-electron chi connectivity index (χ2n) is 7.19. The van der Waals surface area contributed by atoms with E-state index in [1.165, 1.54) is 0 Å². The lowest BCUT2D eigenvalue weighted by molar-refractivity contribution is -0.138. The highest BCUT2D eigenvalue weighted by Crippen LogP contribution is 2.28. The molecule has 1 amide bonds. The SMILES string of the molecule is Cc1cc(Cl)c2cc(C(=O)NC(C)c3ccc(C(C)C(=O)O)cc3)n(C)c2c1. The van der Waals surface area contributed by atoms with Gasteiger partial charge in [-0.3, -0.25) is 9.59 Å². The summed E-state index contributed by atoms with van der Waals surface area (Å²) >= 11 is 6.33. The van der Waals surface area contributed by atoms with Gasteiger partial charge in [0.2, 0.25) is 0 Å². The van der Waals surface area contributed by atoms with Crippen molar-refractivity contribution in [2.24, 2.45) is 7.05 Å². The molecular weight excluding hydrogens is 376 g/mol. The number of aliphatic carboxylic acids is 1. The number of carboxylic acids is 1. The van der Waals surface area contributed by atoms with Crippen LogP contribution in [0.25, 0.3) is 10.9 Å². The molecule has 0 aliphatic rings. The van der Waals surface area contributed by atoms with Gasteiger partial charge in [-0.15, -0.1) is 0 Å². The van der Waals surface area contributed by atoms with E-state index < -0.39 is 11.9 Å². The van der Waals surface area contributed by atoms with Gasteiger partial charge < -0.3 is 15.0 Å². The summed E-state index contributed by atoms with van der Waals surface area (Å²) in [5.41, 5.74) is 4.12. The molecule has 0 radical (unpaired) electrons. The van der Waals surface area contributed by atoms with Crippen LogP contribution < -0.4 is 5.32 Å². The van der Waals surface area contributed by atoms with Crippen molar-refractivity contribution in [2.75, 3.05) is 0 Å². The first kappa shape index (κ1) is 20.0. The molecule has 0 saturated carbocycles. The molecule has 0 aliphatic carbocycles. The maximum absolute atomic E-state index is 12.8. The van der Waals surface area contributed by atoms with Crippen LogP contribution in [0.1, 0.15) is 53.0 Å². The summed E-state index contributed by atoms with van der Waals surface area (Å²) in [6.45, 7) is 5.51. The van der Waals surface area contributed by atoms with Crippen molar-refractivity contribution >= 4 is 34.4 Å². The minimum absolute atomic E-state index is 0.192. The standard InChI is InChI=1S/C22H23ClN2O3/c1-12-9-18(23)17-11-20(25(4)19(17)10-12)21(26)24-14(3)16-7-5-15(6-8-16)13(2)22(27)28/h5-11,13-14H,1-4H3,(H,24,26)(H,27,28). The second-order valence-corrected chi connectivity index (χ2v) is 7.60. The molecule has 2 unspecified atom stereocenters. The van der Waals surface area contributed by atoms with Crippen molar-refractivity contribution in [1.82, 2.24) is 9.88 Å². The fraction of sp³-hybridized carbons (Fsp3) is 0.273. The number of carbonyl (C=O) groups is 2. The van der Waals surface area contributed by atoms with E-state index in [9.17, 15) is 9.59 Å². The van der Waals surface area contributed by atoms with Gasteiger partial charge in [-0.2, -0.15) is 0 Å². The van der Waals surface area contributed by atoms with Crippen LogP contribution in [0, 0.1) is 6.92 Å². The van der Waals surface area contributed by atoms with Crippen molar-refractivity contribution in [3.8, 4) is 0 Å². The number of amides is 1. The number of nitrogens with one attached hydrogen (secondary N) is 1. The maximum atomic E-state index is 12.8. The molecule has 1 aromatic heterocycles. The molecule has 28 heavy (non-hydrogen) atoms. The lowest BCUT2D eigenvalue weighted by atomic mass is 9.98. The van der Waals surface area contributed by atoms with Gasteiger partial charge in [-0.05, 0) is 55.7 Å². The van der Waals surface area contributed by atoms with Crippen molar-refractivity contribution in [1.29, 1.82) is 0 Å². The minimum atomic E-state index is -0.862. The second kappa shape index (κ2) is 7.68. The highest BCUT2D eigenvalue weighted by Gasteiger charge is 2.19. The van der Waals surface area contributed by atoms with Gasteiger partial charge in [-0.25, -0.2) is 0 Å². The third-order valence-electron chi connectivity index (χ3n) is 5.14. The first-order valence-corrected chi connectivity index (χ1v) is 9.46. The van der Waals surface area contributed by atoms with E-state index in [0.717, 1.165) is 27.6 Å². The summed E-state index contributed by atoms with van der Waals surface area (Å²) in [5, 5.41) is 13.6. The van der Waals surface area contributed by atoms with Crippen LogP contribution in [-0.2, 0) is 11.8 Å². The molecule has 2 N–H and O–H groups in total. The quantitative estimate of drug-likeness (QED) is 0.647. The highest BCUT2D eigenvalue weighted by molar-refractivity contribution is 6.35. The Hall–Kier alpha value is -2.79. The molecule has 0 aliphatic heterocycles. The number of aryl methyl sites for hydroxylation is 2. The minimum Gasteiger partial charge on any atom is -0.481 e. The predicted octanol–water partition coefficient (Wildman–Crippen LogP) is 4.82. The van der Waals surface area contributed by atoms with E-state index in [1.807, 2.05) is 49.7 Å². The Morgan fingerprint density at radius 3 is 2.29 bits per heavy atom. The molecule has 0 spiro atoms. The van der Waals surface area contributed by atoms with Gasteiger partial charge in [-0.1, -0.05) is 35.9 Å². The smallest absolute Gasteiger partial charge is 0.310 e. The van der Waals surface area contributed by atoms with Gasteiger partial charge in [0.05, 0.1) is 22.5 Å². The van der Waals surface area contributed by atoms with Crippen molar-refractivity contribution in [3.05, 3.63) is 69.9 Å². The molecule has 0 fully saturated rings. The fourth-order valence-corrected chi connectivity index (χ4v) is 3.63. The lowest BCUT2D eigenvalue weighted by Crippen LogP contribution is -2.28. The van der Waals surface area contributed by atoms with Gasteiger partial charge >= 0.3 is 5.97 Å². The summed E-state index contributed by atoms with van der Waals surface area (Å²) in [7, 11) is 1.85. The van der Waals surface area contributed by atoms with Gasteiger partial charge in [0.15, 0.2) is 0 Å². The lowest BCUT2D eigenvalue weighted by Gasteiger charge is -2.16. The van der Waals surface area contributed by atoms with Crippen LogP contribution in [0.4, 0.5) is 0 Å². The Morgan fingerprint density at radius 1 is 1.07 bits per heavy atom. The Kier molecular flexibility index (Phi) is 5.47. The Balaban J connectivity index is 1.81. The molecule has 2 atom stereocenters. The number of nitrogens with zero attached hydrogens (tertiary/aromatic N) is 1. The number of fused-ring (bicyclic) bond motifs is 1. The Bertz CT molecular complexity index is 1050. The predicted molar refractivity (Wildman–Crippen MR) is 111 cm³/mol. The Labute approximate surface area is 168 Å². The van der Waals surface area contributed by atoms with E-state index >= 15 is 0 Å². The van der Waals surface area contributed by atoms with E-state index in [-0.39, 0.29) is 11.9 Å². The van der Waals surface area contributed by atoms with Crippen molar-refractivity contribution < 1.29 is 14.7 Å². The first-order valence-electron chi connectivity index (χ1n) is 9.08. The van der Waals surface area contributed by atoms with Gasteiger partial charge in [0, 0.05) is 12.4 Å². The molecule has 2 aromatic carbocycles. The summed E-state index contributed by atoms with van der Waals surface area (Å²) in [6, 6.07) is 12.7. The molecule has 0 saturated heterocycles. The van der Waals surface area contributed by atoms with Crippen LogP contribution >= 0.6 is 11.6 Å². The number of carbonyl (C=O) groups excluding carboxylic acids is 1.